The molecular weight excluding hydrogens is 350 g/mol. The van der Waals surface area contributed by atoms with Gasteiger partial charge in [0.25, 0.3) is 0 Å². The van der Waals surface area contributed by atoms with Crippen LogP contribution < -0.4 is 0 Å². The smallest absolute Gasteiger partial charge is 0.226 e. The van der Waals surface area contributed by atoms with Gasteiger partial charge in [-0.05, 0) is 55.6 Å². The van der Waals surface area contributed by atoms with Gasteiger partial charge in [-0.2, -0.15) is 0 Å². The lowest BCUT2D eigenvalue weighted by Crippen LogP contribution is -2.44. The van der Waals surface area contributed by atoms with Gasteiger partial charge in [0, 0.05) is 19.0 Å². The molecule has 0 atom stereocenters. The molecule has 28 heavy (non-hydrogen) atoms. The molecule has 0 unspecified atom stereocenters. The average Bonchev–Trinajstić information content (AvgIpc) is 3.16. The summed E-state index contributed by atoms with van der Waals surface area (Å²) in [4.78, 5) is 22.0. The monoisotopic (exact) mass is 375 g/mol. The Morgan fingerprint density at radius 3 is 2.57 bits per heavy atom. The van der Waals surface area contributed by atoms with E-state index >= 15 is 0 Å². The van der Waals surface area contributed by atoms with Gasteiger partial charge in [0.05, 0.1) is 6.54 Å². The Morgan fingerprint density at radius 1 is 1.00 bits per heavy atom. The van der Waals surface area contributed by atoms with E-state index < -0.39 is 0 Å². The van der Waals surface area contributed by atoms with E-state index in [1.165, 1.54) is 11.1 Å². The molecule has 0 radical (unpaired) electrons. The molecule has 2 aromatic carbocycles. The first-order valence-electron chi connectivity index (χ1n) is 10.2. The third-order valence-electron chi connectivity index (χ3n) is 6.08. The van der Waals surface area contributed by atoms with Crippen molar-refractivity contribution in [2.75, 3.05) is 19.6 Å². The third kappa shape index (κ3) is 3.42. The first kappa shape index (κ1) is 17.4. The van der Waals surface area contributed by atoms with Gasteiger partial charge in [-0.25, -0.2) is 4.98 Å². The normalized spacial score (nSPS) is 18.4. The Kier molecular flexibility index (Phi) is 4.61. The van der Waals surface area contributed by atoms with Crippen LogP contribution in [0.25, 0.3) is 11.1 Å². The summed E-state index contributed by atoms with van der Waals surface area (Å²) in [5.74, 6) is 1.24. The topological polar surface area (TPSA) is 49.6 Å². The molecule has 0 spiro atoms. The number of para-hydroxylation sites is 2. The summed E-state index contributed by atoms with van der Waals surface area (Å²) in [7, 11) is 0. The molecule has 2 aliphatic heterocycles. The summed E-state index contributed by atoms with van der Waals surface area (Å²) >= 11 is 0. The molecule has 144 valence electrons. The highest BCUT2D eigenvalue weighted by Crippen LogP contribution is 2.25. The predicted molar refractivity (Wildman–Crippen MR) is 108 cm³/mol. The van der Waals surface area contributed by atoms with Crippen LogP contribution in [-0.4, -0.2) is 40.3 Å². The van der Waals surface area contributed by atoms with Gasteiger partial charge in [-0.3, -0.25) is 9.69 Å². The van der Waals surface area contributed by atoms with Crippen molar-refractivity contribution in [3.05, 3.63) is 65.5 Å². The minimum atomic E-state index is 0.144. The summed E-state index contributed by atoms with van der Waals surface area (Å²) in [6.45, 7) is 4.16. The van der Waals surface area contributed by atoms with Crippen molar-refractivity contribution in [2.24, 2.45) is 5.92 Å². The average molecular weight is 375 g/mol. The maximum atomic E-state index is 13.0. The fourth-order valence-electron chi connectivity index (χ4n) is 4.46. The van der Waals surface area contributed by atoms with Gasteiger partial charge in [-0.1, -0.05) is 36.4 Å². The van der Waals surface area contributed by atoms with E-state index in [0.717, 1.165) is 62.4 Å². The fourth-order valence-corrected chi connectivity index (χ4v) is 4.46. The van der Waals surface area contributed by atoms with Crippen LogP contribution in [0.15, 0.2) is 52.9 Å². The zero-order chi connectivity index (χ0) is 18.9. The summed E-state index contributed by atoms with van der Waals surface area (Å²) in [6, 6.07) is 16.4. The first-order valence-corrected chi connectivity index (χ1v) is 10.2. The third-order valence-corrected chi connectivity index (χ3v) is 6.08. The number of oxazole rings is 1. The van der Waals surface area contributed by atoms with Gasteiger partial charge in [0.2, 0.25) is 11.8 Å². The highest BCUT2D eigenvalue weighted by atomic mass is 16.3. The number of hydrogen-bond donors (Lipinski definition) is 0. The lowest BCUT2D eigenvalue weighted by Gasteiger charge is -2.35. The highest BCUT2D eigenvalue weighted by Gasteiger charge is 2.30. The van der Waals surface area contributed by atoms with E-state index in [1.807, 2.05) is 24.3 Å². The molecule has 0 saturated carbocycles. The quantitative estimate of drug-likeness (QED) is 0.702. The Morgan fingerprint density at radius 2 is 1.75 bits per heavy atom. The van der Waals surface area contributed by atoms with Crippen molar-refractivity contribution in [3.63, 3.8) is 0 Å². The molecule has 1 amide bonds. The number of rotatable bonds is 3. The number of amides is 1. The Labute approximate surface area is 165 Å². The number of fused-ring (bicyclic) bond motifs is 2. The second kappa shape index (κ2) is 7.40. The maximum Gasteiger partial charge on any atom is 0.226 e. The lowest BCUT2D eigenvalue weighted by molar-refractivity contribution is -0.138. The van der Waals surface area contributed by atoms with Crippen LogP contribution in [-0.2, 0) is 24.3 Å². The molecular formula is C23H25N3O2. The van der Waals surface area contributed by atoms with Gasteiger partial charge in [-0.15, -0.1) is 0 Å². The lowest BCUT2D eigenvalue weighted by atomic mass is 9.93. The summed E-state index contributed by atoms with van der Waals surface area (Å²) in [5, 5.41) is 0. The van der Waals surface area contributed by atoms with Crippen molar-refractivity contribution in [2.45, 2.75) is 32.4 Å². The van der Waals surface area contributed by atoms with E-state index in [4.69, 9.17) is 4.42 Å². The van der Waals surface area contributed by atoms with Crippen LogP contribution in [0.4, 0.5) is 0 Å². The van der Waals surface area contributed by atoms with Gasteiger partial charge in [0.1, 0.15) is 5.52 Å². The molecule has 0 aliphatic carbocycles. The Hall–Kier alpha value is -2.66. The first-order chi connectivity index (χ1) is 13.8. The van der Waals surface area contributed by atoms with E-state index in [9.17, 15) is 4.79 Å². The molecule has 1 aromatic heterocycles. The van der Waals surface area contributed by atoms with Crippen molar-refractivity contribution in [3.8, 4) is 0 Å². The van der Waals surface area contributed by atoms with Crippen LogP contribution in [0.2, 0.25) is 0 Å². The highest BCUT2D eigenvalue weighted by molar-refractivity contribution is 5.79. The van der Waals surface area contributed by atoms with Crippen molar-refractivity contribution < 1.29 is 9.21 Å². The molecule has 3 heterocycles. The molecule has 1 saturated heterocycles. The van der Waals surface area contributed by atoms with Gasteiger partial charge >= 0.3 is 0 Å². The summed E-state index contributed by atoms with van der Waals surface area (Å²) in [6.07, 6.45) is 2.80. The zero-order valence-corrected chi connectivity index (χ0v) is 16.0. The number of benzene rings is 2. The number of piperidine rings is 1. The predicted octanol–water partition coefficient (Wildman–Crippen LogP) is 3.62. The number of likely N-dealkylation sites (tertiary alicyclic amines) is 1. The second-order valence-corrected chi connectivity index (χ2v) is 7.90. The van der Waals surface area contributed by atoms with Crippen LogP contribution in [0.1, 0.15) is 29.9 Å². The molecule has 5 heteroatoms. The van der Waals surface area contributed by atoms with Crippen LogP contribution in [0, 0.1) is 5.92 Å². The van der Waals surface area contributed by atoms with E-state index in [2.05, 4.69) is 39.0 Å². The molecule has 5 rings (SSSR count). The van der Waals surface area contributed by atoms with E-state index in [1.54, 1.807) is 0 Å². The molecule has 0 bridgehead atoms. The molecule has 2 aliphatic rings. The Bertz CT molecular complexity index is 955. The Balaban J connectivity index is 1.17. The van der Waals surface area contributed by atoms with Crippen LogP contribution in [0.3, 0.4) is 0 Å². The van der Waals surface area contributed by atoms with Crippen LogP contribution >= 0.6 is 0 Å². The van der Waals surface area contributed by atoms with Crippen molar-refractivity contribution in [1.29, 1.82) is 0 Å². The standard InChI is InChI=1S/C23H25N3O2/c27-23(26-14-11-17-5-1-2-6-19(17)15-26)18-9-12-25(13-10-18)16-22-24-20-7-3-4-8-21(20)28-22/h1-8,18H,9-16H2. The number of aromatic nitrogens is 1. The van der Waals surface area contributed by atoms with E-state index in [-0.39, 0.29) is 5.92 Å². The van der Waals surface area contributed by atoms with Gasteiger partial charge in [0.15, 0.2) is 5.58 Å². The second-order valence-electron chi connectivity index (χ2n) is 7.90. The fraction of sp³-hybridized carbons (Fsp3) is 0.391. The molecule has 0 N–H and O–H groups in total. The van der Waals surface area contributed by atoms with Crippen molar-refractivity contribution in [1.82, 2.24) is 14.8 Å². The van der Waals surface area contributed by atoms with Crippen LogP contribution in [0.5, 0.6) is 0 Å². The van der Waals surface area contributed by atoms with Crippen molar-refractivity contribution >= 4 is 17.0 Å². The molecule has 3 aromatic rings. The maximum absolute atomic E-state index is 13.0. The minimum Gasteiger partial charge on any atom is -0.439 e. The SMILES string of the molecule is O=C(C1CCN(Cc2nc3ccccc3o2)CC1)N1CCc2ccccc2C1. The minimum absolute atomic E-state index is 0.144. The largest absolute Gasteiger partial charge is 0.439 e. The van der Waals surface area contributed by atoms with Gasteiger partial charge < -0.3 is 9.32 Å². The molecule has 1 fully saturated rings. The number of hydrogen-bond acceptors (Lipinski definition) is 4. The number of carbonyl (C=O) groups excluding carboxylic acids is 1. The number of carbonyl (C=O) groups is 1. The zero-order valence-electron chi connectivity index (χ0n) is 16.0. The van der Waals surface area contributed by atoms with E-state index in [0.29, 0.717) is 12.5 Å². The number of nitrogens with zero attached hydrogens (tertiary/aromatic N) is 3. The summed E-state index contributed by atoms with van der Waals surface area (Å²) in [5.41, 5.74) is 4.44. The summed E-state index contributed by atoms with van der Waals surface area (Å²) < 4.78 is 5.85. The molecule has 5 nitrogen and oxygen atoms in total.